The molecule has 0 aliphatic carbocycles. The molecule has 3 aromatic heterocycles. The predicted molar refractivity (Wildman–Crippen MR) is 109 cm³/mol. The molecule has 0 aliphatic rings. The molecule has 0 saturated heterocycles. The van der Waals surface area contributed by atoms with Crippen LogP contribution < -0.4 is 4.74 Å². The second-order valence-electron chi connectivity index (χ2n) is 6.40. The first-order valence-corrected chi connectivity index (χ1v) is 9.18. The van der Waals surface area contributed by atoms with Gasteiger partial charge in [0.2, 0.25) is 5.89 Å². The number of rotatable bonds is 5. The number of nitrogens with zero attached hydrogens (tertiary/aromatic N) is 4. The topological polar surface area (TPSA) is 73.9 Å². The number of hydrogen-bond acceptors (Lipinski definition) is 6. The van der Waals surface area contributed by atoms with E-state index < -0.39 is 0 Å². The van der Waals surface area contributed by atoms with Crippen molar-refractivity contribution in [3.63, 3.8) is 0 Å². The zero-order valence-electron chi connectivity index (χ0n) is 15.4. The summed E-state index contributed by atoms with van der Waals surface area (Å²) in [6.07, 6.45) is 1.74. The van der Waals surface area contributed by atoms with Crippen molar-refractivity contribution >= 4 is 11.0 Å². The molecule has 0 saturated carbocycles. The molecule has 0 amide bonds. The molecule has 0 spiro atoms. The molecule has 6 heteroatoms. The van der Waals surface area contributed by atoms with Crippen molar-refractivity contribution in [3.8, 4) is 28.5 Å². The van der Waals surface area contributed by atoms with Crippen LogP contribution in [-0.2, 0) is 6.61 Å². The lowest BCUT2D eigenvalue weighted by Gasteiger charge is -2.10. The van der Waals surface area contributed by atoms with Gasteiger partial charge in [-0.15, -0.1) is 10.2 Å². The zero-order valence-corrected chi connectivity index (χ0v) is 15.4. The smallest absolute Gasteiger partial charge is 0.254 e. The van der Waals surface area contributed by atoms with Crippen LogP contribution in [0.25, 0.3) is 33.7 Å². The van der Waals surface area contributed by atoms with Crippen LogP contribution in [0.5, 0.6) is 5.75 Å². The molecule has 0 N–H and O–H groups in total. The third-order valence-electron chi connectivity index (χ3n) is 4.47. The Morgan fingerprint density at radius 3 is 2.59 bits per heavy atom. The largest absolute Gasteiger partial charge is 0.483 e. The van der Waals surface area contributed by atoms with Gasteiger partial charge in [-0.05, 0) is 48.5 Å². The average molecular weight is 380 g/mol. The summed E-state index contributed by atoms with van der Waals surface area (Å²) >= 11 is 0. The van der Waals surface area contributed by atoms with Crippen molar-refractivity contribution in [2.45, 2.75) is 6.61 Å². The van der Waals surface area contributed by atoms with Gasteiger partial charge in [0.15, 0.2) is 12.3 Å². The van der Waals surface area contributed by atoms with Crippen molar-refractivity contribution in [1.29, 1.82) is 0 Å². The fourth-order valence-electron chi connectivity index (χ4n) is 3.06. The van der Waals surface area contributed by atoms with Crippen molar-refractivity contribution < 1.29 is 9.15 Å². The van der Waals surface area contributed by atoms with E-state index in [1.807, 2.05) is 78.9 Å². The van der Waals surface area contributed by atoms with Crippen LogP contribution in [0.1, 0.15) is 5.89 Å². The standard InChI is InChI=1S/C23H16N4O2/c1-2-7-17(8-3-1)23-27-26-21(29-23)15-28-20-11-5-4-10-18(20)19-13-12-16-9-6-14-24-22(16)25-19/h1-14H,15H2. The Kier molecular flexibility index (Phi) is 4.42. The minimum Gasteiger partial charge on any atom is -0.483 e. The monoisotopic (exact) mass is 380 g/mol. The number of fused-ring (bicyclic) bond motifs is 1. The second kappa shape index (κ2) is 7.52. The lowest BCUT2D eigenvalue weighted by Crippen LogP contribution is -1.98. The lowest BCUT2D eigenvalue weighted by atomic mass is 10.1. The molecule has 3 heterocycles. The van der Waals surface area contributed by atoms with Gasteiger partial charge in [-0.1, -0.05) is 30.3 Å². The van der Waals surface area contributed by atoms with E-state index in [0.717, 1.165) is 22.2 Å². The SMILES string of the molecule is c1ccc(-c2nnc(COc3ccccc3-c3ccc4cccnc4n3)o2)cc1. The van der Waals surface area contributed by atoms with E-state index in [9.17, 15) is 0 Å². The number of para-hydroxylation sites is 1. The molecule has 0 radical (unpaired) electrons. The van der Waals surface area contributed by atoms with E-state index in [1.165, 1.54) is 0 Å². The fraction of sp³-hybridized carbons (Fsp3) is 0.0435. The molecule has 0 aliphatic heterocycles. The van der Waals surface area contributed by atoms with Gasteiger partial charge >= 0.3 is 0 Å². The summed E-state index contributed by atoms with van der Waals surface area (Å²) in [5.41, 5.74) is 3.24. The third kappa shape index (κ3) is 3.55. The van der Waals surface area contributed by atoms with Gasteiger partial charge in [0.25, 0.3) is 5.89 Å². The summed E-state index contributed by atoms with van der Waals surface area (Å²) in [6.45, 7) is 0.169. The van der Waals surface area contributed by atoms with Gasteiger partial charge in [-0.2, -0.15) is 0 Å². The fourth-order valence-corrected chi connectivity index (χ4v) is 3.06. The molecule has 140 valence electrons. The first kappa shape index (κ1) is 17.1. The van der Waals surface area contributed by atoms with Gasteiger partial charge in [0.05, 0.1) is 5.69 Å². The molecular weight excluding hydrogens is 364 g/mol. The summed E-state index contributed by atoms with van der Waals surface area (Å²) in [5.74, 6) is 1.57. The summed E-state index contributed by atoms with van der Waals surface area (Å²) in [4.78, 5) is 9.00. The van der Waals surface area contributed by atoms with E-state index >= 15 is 0 Å². The normalized spacial score (nSPS) is 10.9. The summed E-state index contributed by atoms with van der Waals surface area (Å²) in [6, 6.07) is 25.2. The number of ether oxygens (including phenoxy) is 1. The lowest BCUT2D eigenvalue weighted by molar-refractivity contribution is 0.265. The number of aromatic nitrogens is 4. The highest BCUT2D eigenvalue weighted by Gasteiger charge is 2.12. The van der Waals surface area contributed by atoms with Crippen LogP contribution in [0.4, 0.5) is 0 Å². The Hall–Kier alpha value is -4.06. The summed E-state index contributed by atoms with van der Waals surface area (Å²) < 4.78 is 11.7. The van der Waals surface area contributed by atoms with Gasteiger partial charge in [0.1, 0.15) is 5.75 Å². The molecule has 29 heavy (non-hydrogen) atoms. The van der Waals surface area contributed by atoms with Crippen LogP contribution in [-0.4, -0.2) is 20.2 Å². The second-order valence-corrected chi connectivity index (χ2v) is 6.40. The molecule has 2 aromatic carbocycles. The summed E-state index contributed by atoms with van der Waals surface area (Å²) in [7, 11) is 0. The number of pyridine rings is 2. The maximum Gasteiger partial charge on any atom is 0.254 e. The summed E-state index contributed by atoms with van der Waals surface area (Å²) in [5, 5.41) is 9.17. The molecule has 0 fully saturated rings. The maximum absolute atomic E-state index is 5.98. The Morgan fingerprint density at radius 2 is 1.66 bits per heavy atom. The molecule has 0 atom stereocenters. The van der Waals surface area contributed by atoms with Crippen LogP contribution in [0.2, 0.25) is 0 Å². The Labute approximate surface area is 166 Å². The number of benzene rings is 2. The maximum atomic E-state index is 5.98. The van der Waals surface area contributed by atoms with Gasteiger partial charge < -0.3 is 9.15 Å². The highest BCUT2D eigenvalue weighted by molar-refractivity contribution is 5.79. The van der Waals surface area contributed by atoms with E-state index in [4.69, 9.17) is 9.15 Å². The molecule has 0 unspecified atom stereocenters. The highest BCUT2D eigenvalue weighted by atomic mass is 16.5. The van der Waals surface area contributed by atoms with E-state index in [2.05, 4.69) is 20.2 Å². The Bertz CT molecular complexity index is 1270. The quantitative estimate of drug-likeness (QED) is 0.431. The van der Waals surface area contributed by atoms with Crippen LogP contribution in [0, 0.1) is 0 Å². The van der Waals surface area contributed by atoms with Gasteiger partial charge in [0, 0.05) is 22.7 Å². The van der Waals surface area contributed by atoms with Crippen molar-refractivity contribution in [2.24, 2.45) is 0 Å². The molecule has 5 rings (SSSR count). The predicted octanol–water partition coefficient (Wildman–Crippen LogP) is 4.93. The van der Waals surface area contributed by atoms with Crippen LogP contribution in [0.3, 0.4) is 0 Å². The first-order chi connectivity index (χ1) is 14.4. The third-order valence-corrected chi connectivity index (χ3v) is 4.47. The van der Waals surface area contributed by atoms with Crippen molar-refractivity contribution in [2.75, 3.05) is 0 Å². The highest BCUT2D eigenvalue weighted by Crippen LogP contribution is 2.30. The minimum absolute atomic E-state index is 0.169. The Balaban J connectivity index is 1.39. The van der Waals surface area contributed by atoms with Gasteiger partial charge in [-0.3, -0.25) is 0 Å². The van der Waals surface area contributed by atoms with E-state index in [0.29, 0.717) is 23.2 Å². The minimum atomic E-state index is 0.169. The number of hydrogen-bond donors (Lipinski definition) is 0. The van der Waals surface area contributed by atoms with Gasteiger partial charge in [-0.25, -0.2) is 9.97 Å². The average Bonchev–Trinajstić information content (AvgIpc) is 3.27. The molecule has 0 bridgehead atoms. The van der Waals surface area contributed by atoms with Crippen molar-refractivity contribution in [1.82, 2.24) is 20.2 Å². The zero-order chi connectivity index (χ0) is 19.5. The van der Waals surface area contributed by atoms with Crippen molar-refractivity contribution in [3.05, 3.63) is 91.0 Å². The first-order valence-electron chi connectivity index (χ1n) is 9.18. The molecule has 5 aromatic rings. The molecular formula is C23H16N4O2. The van der Waals surface area contributed by atoms with Crippen LogP contribution in [0.15, 0.2) is 89.5 Å². The Morgan fingerprint density at radius 1 is 0.793 bits per heavy atom. The van der Waals surface area contributed by atoms with Crippen LogP contribution >= 0.6 is 0 Å². The van der Waals surface area contributed by atoms with E-state index in [-0.39, 0.29) is 6.61 Å². The van der Waals surface area contributed by atoms with E-state index in [1.54, 1.807) is 6.20 Å². The molecule has 6 nitrogen and oxygen atoms in total.